The molecule has 0 aliphatic carbocycles. The third-order valence-electron chi connectivity index (χ3n) is 6.25. The molecule has 4 aromatic rings. The molecule has 5 rings (SSSR count). The summed E-state index contributed by atoms with van der Waals surface area (Å²) in [5.74, 6) is 0.0388. The Bertz CT molecular complexity index is 1340. The minimum Gasteiger partial charge on any atom is -0.336 e. The predicted octanol–water partition coefficient (Wildman–Crippen LogP) is 5.38. The van der Waals surface area contributed by atoms with Gasteiger partial charge in [-0.15, -0.1) is 0 Å². The van der Waals surface area contributed by atoms with Crippen LogP contribution in [0.1, 0.15) is 22.8 Å². The molecule has 174 valence electrons. The standard InChI is InChI=1S/C26H25Cl2N5O/c1-2-33-17-19(15-29-33)25-14-21(20-5-3-4-6-24(20)30-25)26(34)32-11-9-31(10-12-32)16-18-7-8-22(27)23(28)13-18/h3-8,13-15,17H,2,9-12,16H2,1H3. The fourth-order valence-corrected chi connectivity index (χ4v) is 4.67. The van der Waals surface area contributed by atoms with Gasteiger partial charge in [-0.2, -0.15) is 5.10 Å². The molecule has 34 heavy (non-hydrogen) atoms. The van der Waals surface area contributed by atoms with Crippen LogP contribution in [0.5, 0.6) is 0 Å². The molecule has 0 spiro atoms. The summed E-state index contributed by atoms with van der Waals surface area (Å²) in [5.41, 5.74) is 4.29. The Morgan fingerprint density at radius 3 is 2.53 bits per heavy atom. The number of para-hydroxylation sites is 1. The molecule has 1 amide bonds. The van der Waals surface area contributed by atoms with Gasteiger partial charge < -0.3 is 4.90 Å². The van der Waals surface area contributed by atoms with Crippen molar-refractivity contribution in [2.75, 3.05) is 26.2 Å². The minimum atomic E-state index is 0.0388. The van der Waals surface area contributed by atoms with E-state index in [0.29, 0.717) is 28.7 Å². The first-order valence-electron chi connectivity index (χ1n) is 11.4. The van der Waals surface area contributed by atoms with Crippen molar-refractivity contribution in [1.82, 2.24) is 24.6 Å². The number of hydrogen-bond acceptors (Lipinski definition) is 4. The number of hydrogen-bond donors (Lipinski definition) is 0. The number of rotatable bonds is 5. The van der Waals surface area contributed by atoms with Crippen molar-refractivity contribution in [3.05, 3.63) is 82.1 Å². The maximum atomic E-state index is 13.6. The van der Waals surface area contributed by atoms with Crippen LogP contribution in [0, 0.1) is 0 Å². The Labute approximate surface area is 208 Å². The van der Waals surface area contributed by atoms with E-state index >= 15 is 0 Å². The van der Waals surface area contributed by atoms with Crippen molar-refractivity contribution in [2.24, 2.45) is 0 Å². The molecule has 0 saturated carbocycles. The van der Waals surface area contributed by atoms with E-state index in [1.165, 1.54) is 0 Å². The molecule has 2 aromatic carbocycles. The third-order valence-corrected chi connectivity index (χ3v) is 6.99. The molecule has 1 saturated heterocycles. The first-order valence-corrected chi connectivity index (χ1v) is 12.2. The normalized spacial score (nSPS) is 14.6. The number of pyridine rings is 1. The van der Waals surface area contributed by atoms with Gasteiger partial charge in [0, 0.05) is 56.4 Å². The Morgan fingerprint density at radius 2 is 1.79 bits per heavy atom. The summed E-state index contributed by atoms with van der Waals surface area (Å²) >= 11 is 12.2. The maximum Gasteiger partial charge on any atom is 0.254 e. The molecule has 0 N–H and O–H groups in total. The molecule has 0 unspecified atom stereocenters. The lowest BCUT2D eigenvalue weighted by atomic mass is 10.0. The first-order chi connectivity index (χ1) is 16.5. The third kappa shape index (κ3) is 4.67. The van der Waals surface area contributed by atoms with Crippen molar-refractivity contribution >= 4 is 40.0 Å². The molecule has 1 aliphatic rings. The Morgan fingerprint density at radius 1 is 1.00 bits per heavy atom. The molecule has 2 aromatic heterocycles. The highest BCUT2D eigenvalue weighted by Crippen LogP contribution is 2.27. The number of amides is 1. The molecule has 1 aliphatic heterocycles. The van der Waals surface area contributed by atoms with Crippen molar-refractivity contribution in [2.45, 2.75) is 20.0 Å². The summed E-state index contributed by atoms with van der Waals surface area (Å²) in [6, 6.07) is 15.5. The number of carbonyl (C=O) groups is 1. The Hall–Kier alpha value is -2.93. The van der Waals surface area contributed by atoms with E-state index in [1.54, 1.807) is 6.20 Å². The highest BCUT2D eigenvalue weighted by Gasteiger charge is 2.24. The second-order valence-electron chi connectivity index (χ2n) is 8.47. The smallest absolute Gasteiger partial charge is 0.254 e. The minimum absolute atomic E-state index is 0.0388. The van der Waals surface area contributed by atoms with Crippen LogP contribution in [0.25, 0.3) is 22.2 Å². The summed E-state index contributed by atoms with van der Waals surface area (Å²) in [4.78, 5) is 22.7. The van der Waals surface area contributed by atoms with E-state index in [0.717, 1.165) is 53.9 Å². The van der Waals surface area contributed by atoms with Crippen molar-refractivity contribution in [3.8, 4) is 11.3 Å². The number of piperazine rings is 1. The van der Waals surface area contributed by atoms with Crippen LogP contribution in [0.15, 0.2) is 60.9 Å². The molecular formula is C26H25Cl2N5O. The zero-order chi connectivity index (χ0) is 23.7. The van der Waals surface area contributed by atoms with Crippen molar-refractivity contribution in [1.29, 1.82) is 0 Å². The molecule has 6 nitrogen and oxygen atoms in total. The van der Waals surface area contributed by atoms with Gasteiger partial charge in [-0.3, -0.25) is 14.4 Å². The first kappa shape index (κ1) is 22.8. The average molecular weight is 494 g/mol. The van der Waals surface area contributed by atoms with Crippen molar-refractivity contribution in [3.63, 3.8) is 0 Å². The quantitative estimate of drug-likeness (QED) is 0.374. The SMILES string of the molecule is CCn1cc(-c2cc(C(=O)N3CCN(Cc4ccc(Cl)c(Cl)c4)CC3)c3ccccc3n2)cn1. The summed E-state index contributed by atoms with van der Waals surface area (Å²) < 4.78 is 1.86. The lowest BCUT2D eigenvalue weighted by Crippen LogP contribution is -2.48. The van der Waals surface area contributed by atoms with Gasteiger partial charge in [0.25, 0.3) is 5.91 Å². The summed E-state index contributed by atoms with van der Waals surface area (Å²) in [6.07, 6.45) is 3.77. The van der Waals surface area contributed by atoms with Gasteiger partial charge >= 0.3 is 0 Å². The molecule has 3 heterocycles. The fourth-order valence-electron chi connectivity index (χ4n) is 4.34. The highest BCUT2D eigenvalue weighted by molar-refractivity contribution is 6.42. The van der Waals surface area contributed by atoms with Crippen LogP contribution in [0.4, 0.5) is 0 Å². The van der Waals surface area contributed by atoms with Gasteiger partial charge in [-0.05, 0) is 36.8 Å². The lowest BCUT2D eigenvalue weighted by molar-refractivity contribution is 0.0630. The Kier molecular flexibility index (Phi) is 6.55. The van der Waals surface area contributed by atoms with Crippen LogP contribution in [-0.4, -0.2) is 56.7 Å². The van der Waals surface area contributed by atoms with E-state index in [2.05, 4.69) is 10.00 Å². The molecule has 1 fully saturated rings. The highest BCUT2D eigenvalue weighted by atomic mass is 35.5. The number of aromatic nitrogens is 3. The van der Waals surface area contributed by atoms with E-state index in [9.17, 15) is 4.79 Å². The lowest BCUT2D eigenvalue weighted by Gasteiger charge is -2.35. The van der Waals surface area contributed by atoms with Crippen molar-refractivity contribution < 1.29 is 4.79 Å². The van der Waals surface area contributed by atoms with Gasteiger partial charge in [0.1, 0.15) is 0 Å². The monoisotopic (exact) mass is 493 g/mol. The predicted molar refractivity (Wildman–Crippen MR) is 136 cm³/mol. The fraction of sp³-hybridized carbons (Fsp3) is 0.269. The van der Waals surface area contributed by atoms with E-state index in [1.807, 2.05) is 71.2 Å². The van der Waals surface area contributed by atoms with E-state index in [4.69, 9.17) is 28.2 Å². The summed E-state index contributed by atoms with van der Waals surface area (Å²) in [5, 5.41) is 6.37. The van der Waals surface area contributed by atoms with Crippen LogP contribution in [-0.2, 0) is 13.1 Å². The topological polar surface area (TPSA) is 54.3 Å². The van der Waals surface area contributed by atoms with E-state index in [-0.39, 0.29) is 5.91 Å². The summed E-state index contributed by atoms with van der Waals surface area (Å²) in [7, 11) is 0. The molecule has 0 bridgehead atoms. The van der Waals surface area contributed by atoms with Gasteiger partial charge in [0.05, 0.1) is 33.0 Å². The summed E-state index contributed by atoms with van der Waals surface area (Å²) in [6.45, 7) is 6.53. The number of nitrogens with zero attached hydrogens (tertiary/aromatic N) is 5. The average Bonchev–Trinajstić information content (AvgIpc) is 3.35. The number of halogens is 2. The van der Waals surface area contributed by atoms with Gasteiger partial charge in [0.2, 0.25) is 0 Å². The van der Waals surface area contributed by atoms with Gasteiger partial charge in [-0.1, -0.05) is 47.5 Å². The van der Waals surface area contributed by atoms with Crippen LogP contribution >= 0.6 is 23.2 Å². The largest absolute Gasteiger partial charge is 0.336 e. The van der Waals surface area contributed by atoms with Gasteiger partial charge in [-0.25, -0.2) is 4.98 Å². The molecular weight excluding hydrogens is 469 g/mol. The zero-order valence-corrected chi connectivity index (χ0v) is 20.4. The molecule has 8 heteroatoms. The second-order valence-corrected chi connectivity index (χ2v) is 9.29. The number of aryl methyl sites for hydroxylation is 1. The number of benzene rings is 2. The van der Waals surface area contributed by atoms with Gasteiger partial charge in [0.15, 0.2) is 0 Å². The Balaban J connectivity index is 1.35. The zero-order valence-electron chi connectivity index (χ0n) is 18.9. The molecule has 0 atom stereocenters. The second kappa shape index (κ2) is 9.74. The van der Waals surface area contributed by atoms with Crippen LogP contribution in [0.3, 0.4) is 0 Å². The number of carbonyl (C=O) groups excluding carboxylic acids is 1. The molecule has 0 radical (unpaired) electrons. The van der Waals surface area contributed by atoms with Crippen LogP contribution in [0.2, 0.25) is 10.0 Å². The maximum absolute atomic E-state index is 13.6. The van der Waals surface area contributed by atoms with E-state index < -0.39 is 0 Å². The van der Waals surface area contributed by atoms with Crippen LogP contribution < -0.4 is 0 Å². The number of fused-ring (bicyclic) bond motifs is 1.